The van der Waals surface area contributed by atoms with Crippen LogP contribution in [0.4, 0.5) is 0 Å². The van der Waals surface area contributed by atoms with Crippen LogP contribution in [-0.4, -0.2) is 212 Å². The second-order valence-electron chi connectivity index (χ2n) is 20.7. The van der Waals surface area contributed by atoms with E-state index in [1.165, 1.54) is 48.5 Å². The van der Waals surface area contributed by atoms with E-state index in [9.17, 15) is 80.5 Å². The van der Waals surface area contributed by atoms with E-state index in [4.69, 9.17) is 47.4 Å². The summed E-state index contributed by atoms with van der Waals surface area (Å²) in [7, 11) is 2.27. The molecule has 26 heteroatoms. The van der Waals surface area contributed by atoms with Crippen LogP contribution in [0.15, 0.2) is 72.2 Å². The van der Waals surface area contributed by atoms with Gasteiger partial charge in [0.2, 0.25) is 12.6 Å². The first-order valence-electron chi connectivity index (χ1n) is 25.4. The number of ether oxygens (including phenoxy) is 10. The van der Waals surface area contributed by atoms with Crippen molar-refractivity contribution >= 4 is 23.9 Å². The van der Waals surface area contributed by atoms with Gasteiger partial charge in [-0.1, -0.05) is 24.3 Å². The molecule has 4 aliphatic heterocycles. The summed E-state index contributed by atoms with van der Waals surface area (Å²) in [5.41, 5.74) is 0.740. The third-order valence-corrected chi connectivity index (χ3v) is 16.5. The average molecular weight is 1110 g/mol. The van der Waals surface area contributed by atoms with Gasteiger partial charge in [0.05, 0.1) is 88.4 Å². The molecule has 0 radical (unpaired) electrons. The Morgan fingerprint density at radius 2 is 0.872 bits per heavy atom. The Kier molecular flexibility index (Phi) is 17.3. The highest BCUT2D eigenvalue weighted by Gasteiger charge is 2.62. The highest BCUT2D eigenvalue weighted by atomic mass is 16.8. The summed E-state index contributed by atoms with van der Waals surface area (Å²) in [4.78, 5) is 55.8. The molecule has 3 aliphatic carbocycles. The van der Waals surface area contributed by atoms with Gasteiger partial charge in [0.15, 0.2) is 12.6 Å². The molecule has 9 rings (SSSR count). The predicted octanol–water partition coefficient (Wildman–Crippen LogP) is -3.02. The van der Waals surface area contributed by atoms with Crippen molar-refractivity contribution in [2.24, 2.45) is 47.3 Å². The van der Waals surface area contributed by atoms with Crippen molar-refractivity contribution in [2.75, 3.05) is 40.6 Å². The van der Waals surface area contributed by atoms with E-state index in [2.05, 4.69) is 0 Å². The molecule has 3 saturated carbocycles. The van der Waals surface area contributed by atoms with Crippen molar-refractivity contribution in [1.82, 2.24) is 0 Å². The molecule has 20 atom stereocenters. The first kappa shape index (κ1) is 57.1. The monoisotopic (exact) mass is 1100 g/mol. The van der Waals surface area contributed by atoms with Crippen molar-refractivity contribution in [3.05, 3.63) is 83.3 Å². The van der Waals surface area contributed by atoms with Crippen LogP contribution in [0.5, 0.6) is 11.5 Å². The fraction of sp³-hybridized carbons (Fsp3) is 0.615. The Labute approximate surface area is 444 Å². The summed E-state index contributed by atoms with van der Waals surface area (Å²) < 4.78 is 56.9. The van der Waals surface area contributed by atoms with Gasteiger partial charge < -0.3 is 109 Å². The first-order chi connectivity index (χ1) is 37.3. The molecule has 0 aromatic heterocycles. The number of fused-ring (bicyclic) bond motifs is 2. The van der Waals surface area contributed by atoms with Gasteiger partial charge in [-0.2, -0.15) is 0 Å². The quantitative estimate of drug-likeness (QED) is 0.0588. The van der Waals surface area contributed by atoms with E-state index in [-0.39, 0.29) is 35.5 Å². The van der Waals surface area contributed by atoms with Gasteiger partial charge in [-0.25, -0.2) is 9.59 Å². The zero-order chi connectivity index (χ0) is 56.0. The number of carbonyl (C=O) groups excluding carboxylic acids is 4. The summed E-state index contributed by atoms with van der Waals surface area (Å²) in [6.07, 6.45) is -20.6. The SMILES string of the molecule is COC(=O)C1=COC(O[C@@H]2O[C@H](CO)[C@@H](O)[C@H](O)[C@H]2O)C2C1C[C@H](O)[C@@H]2COC(=O)C1C(c2ccc(O)cc2)C(C(=O)OC[C@@H]2C3C(O[C@@H]4O[C@H](CO)[C@@H](O)[C@H](O)[C@H]4O)OC=C(C(=O)OC)C3C[C@@H]2O)C1c1ccc(O)cc1. The largest absolute Gasteiger partial charge is 0.508 e. The number of hydrogen-bond donors (Lipinski definition) is 12. The molecule has 2 saturated heterocycles. The van der Waals surface area contributed by atoms with Crippen LogP contribution in [0.25, 0.3) is 0 Å². The van der Waals surface area contributed by atoms with E-state index in [0.717, 1.165) is 26.7 Å². The summed E-state index contributed by atoms with van der Waals surface area (Å²) in [6.45, 7) is -2.65. The van der Waals surface area contributed by atoms with Crippen molar-refractivity contribution in [1.29, 1.82) is 0 Å². The second kappa shape index (κ2) is 23.6. The van der Waals surface area contributed by atoms with Crippen LogP contribution < -0.4 is 0 Å². The number of aromatic hydroxyl groups is 2. The van der Waals surface area contributed by atoms with E-state index in [1.807, 2.05) is 0 Å². The second-order valence-corrected chi connectivity index (χ2v) is 20.7. The lowest BCUT2D eigenvalue weighted by Crippen LogP contribution is -2.60. The molecule has 428 valence electrons. The minimum atomic E-state index is -1.86. The molecule has 26 nitrogen and oxygen atoms in total. The Hall–Kier alpha value is -5.56. The van der Waals surface area contributed by atoms with Crippen LogP contribution in [0.2, 0.25) is 0 Å². The van der Waals surface area contributed by atoms with Crippen LogP contribution in [-0.2, 0) is 66.5 Å². The van der Waals surface area contributed by atoms with E-state index in [1.54, 1.807) is 0 Å². The number of phenols is 2. The van der Waals surface area contributed by atoms with Crippen LogP contribution in [0.3, 0.4) is 0 Å². The standard InChI is InChI=1S/C52H64O26/c1-69-45(65)25-15-73-49(77-51-43(63)41(61)39(59)31(13-53)75-51)35-23(25)11-29(57)27(35)17-71-47(67)37-33(19-3-7-21(55)8-4-19)38(34(37)20-5-9-22(56)10-6-20)48(68)72-18-28-30(58)12-24-26(46(66)70-2)16-74-50(36(24)28)78-52-44(64)42(62)40(60)32(14-54)76-52/h3-10,15-16,23-24,27-44,49-64H,11-14,17-18H2,1-2H3/t23?,24?,27-,28-,29-,30-,31+,32+,33?,34?,35?,36?,37?,38?,39+,40+,41-,42-,43+,44+,49?,50?,51-,52-/m0/s1. The molecule has 78 heavy (non-hydrogen) atoms. The van der Waals surface area contributed by atoms with Crippen molar-refractivity contribution < 1.29 is 128 Å². The maximum absolute atomic E-state index is 14.9. The maximum atomic E-state index is 14.9. The number of carbonyl (C=O) groups is 4. The molecule has 12 N–H and O–H groups in total. The number of rotatable bonds is 16. The van der Waals surface area contributed by atoms with Crippen LogP contribution in [0.1, 0.15) is 35.8 Å². The highest BCUT2D eigenvalue weighted by molar-refractivity contribution is 5.89. The summed E-state index contributed by atoms with van der Waals surface area (Å²) in [6, 6.07) is 11.3. The average Bonchev–Trinajstić information content (AvgIpc) is 4.07. The lowest BCUT2D eigenvalue weighted by molar-refractivity contribution is -0.343. The Morgan fingerprint density at radius 3 is 1.21 bits per heavy atom. The Morgan fingerprint density at radius 1 is 0.513 bits per heavy atom. The van der Waals surface area contributed by atoms with Crippen molar-refractivity contribution in [3.8, 4) is 11.5 Å². The summed E-state index contributed by atoms with van der Waals surface area (Å²) in [5, 5.41) is 127. The number of phenolic OH excluding ortho intramolecular Hbond substituents is 2. The van der Waals surface area contributed by atoms with E-state index >= 15 is 0 Å². The zero-order valence-corrected chi connectivity index (χ0v) is 42.0. The molecule has 0 amide bonds. The van der Waals surface area contributed by atoms with Crippen LogP contribution in [0, 0.1) is 47.3 Å². The van der Waals surface area contributed by atoms with E-state index < -0.39 is 196 Å². The summed E-state index contributed by atoms with van der Waals surface area (Å²) in [5.74, 6) is -14.2. The third kappa shape index (κ3) is 10.7. The topological polar surface area (TPSA) is 403 Å². The maximum Gasteiger partial charge on any atom is 0.337 e. The molecular formula is C52H64O26. The Balaban J connectivity index is 0.983. The van der Waals surface area contributed by atoms with Gasteiger partial charge in [-0.05, 0) is 48.2 Å². The Bertz CT molecular complexity index is 2340. The zero-order valence-electron chi connectivity index (χ0n) is 42.0. The molecule has 6 unspecified atom stereocenters. The fourth-order valence-corrected chi connectivity index (χ4v) is 12.4. The van der Waals surface area contributed by atoms with Gasteiger partial charge in [0.1, 0.15) is 60.3 Å². The van der Waals surface area contributed by atoms with Gasteiger partial charge in [-0.3, -0.25) is 9.59 Å². The van der Waals surface area contributed by atoms with Crippen LogP contribution >= 0.6 is 0 Å². The van der Waals surface area contributed by atoms with Gasteiger partial charge >= 0.3 is 23.9 Å². The lowest BCUT2D eigenvalue weighted by atomic mass is 9.52. The number of methoxy groups -OCH3 is 2. The van der Waals surface area contributed by atoms with Gasteiger partial charge in [0.25, 0.3) is 0 Å². The molecular weight excluding hydrogens is 1040 g/mol. The summed E-state index contributed by atoms with van der Waals surface area (Å²) >= 11 is 0. The number of benzene rings is 2. The molecule has 4 heterocycles. The number of esters is 4. The molecule has 7 aliphatic rings. The minimum Gasteiger partial charge on any atom is -0.508 e. The van der Waals surface area contributed by atoms with E-state index in [0.29, 0.717) is 11.1 Å². The third-order valence-electron chi connectivity index (χ3n) is 16.5. The van der Waals surface area contributed by atoms with Crippen molar-refractivity contribution in [2.45, 2.75) is 111 Å². The smallest absolute Gasteiger partial charge is 0.337 e. The number of aliphatic hydroxyl groups excluding tert-OH is 10. The molecule has 5 fully saturated rings. The predicted molar refractivity (Wildman–Crippen MR) is 252 cm³/mol. The lowest BCUT2D eigenvalue weighted by Gasteiger charge is -2.50. The highest BCUT2D eigenvalue weighted by Crippen LogP contribution is 2.59. The number of hydrogen-bond acceptors (Lipinski definition) is 26. The minimum absolute atomic E-state index is 0.00181. The van der Waals surface area contributed by atoms with Gasteiger partial charge in [-0.15, -0.1) is 0 Å². The molecule has 0 bridgehead atoms. The molecule has 2 aromatic rings. The first-order valence-corrected chi connectivity index (χ1v) is 25.4. The normalized spacial score (nSPS) is 40.8. The molecule has 0 spiro atoms. The fourth-order valence-electron chi connectivity index (χ4n) is 12.4. The van der Waals surface area contributed by atoms with Crippen molar-refractivity contribution in [3.63, 3.8) is 0 Å². The number of aliphatic hydroxyl groups is 10. The van der Waals surface area contributed by atoms with Gasteiger partial charge in [0, 0.05) is 47.3 Å². The molecule has 2 aromatic carbocycles.